The van der Waals surface area contributed by atoms with Gasteiger partial charge in [-0.1, -0.05) is 12.1 Å². The molecule has 3 heterocycles. The molecular formula is C24H32N6O. The van der Waals surface area contributed by atoms with Gasteiger partial charge in [-0.05, 0) is 44.0 Å². The van der Waals surface area contributed by atoms with E-state index in [9.17, 15) is 0 Å². The van der Waals surface area contributed by atoms with Gasteiger partial charge in [0, 0.05) is 63.2 Å². The highest BCUT2D eigenvalue weighted by atomic mass is 16.5. The number of nitrogens with zero attached hydrogens (tertiary/aromatic N) is 6. The number of anilines is 1. The highest BCUT2D eigenvalue weighted by molar-refractivity contribution is 5.68. The van der Waals surface area contributed by atoms with Gasteiger partial charge in [0.1, 0.15) is 5.75 Å². The van der Waals surface area contributed by atoms with E-state index in [0.29, 0.717) is 5.92 Å². The summed E-state index contributed by atoms with van der Waals surface area (Å²) in [5, 5.41) is 4.41. The Morgan fingerprint density at radius 1 is 1.23 bits per heavy atom. The lowest BCUT2D eigenvalue weighted by atomic mass is 9.89. The van der Waals surface area contributed by atoms with Crippen LogP contribution in [0.25, 0.3) is 11.1 Å². The number of methoxy groups -OCH3 is 1. The van der Waals surface area contributed by atoms with E-state index < -0.39 is 0 Å². The minimum atomic E-state index is 0.355. The van der Waals surface area contributed by atoms with Crippen LogP contribution in [0.2, 0.25) is 0 Å². The van der Waals surface area contributed by atoms with Crippen LogP contribution < -0.4 is 9.64 Å². The fraction of sp³-hybridized carbons (Fsp3) is 0.458. The average Bonchev–Trinajstić information content (AvgIpc) is 3.11. The van der Waals surface area contributed by atoms with Crippen LogP contribution in [0.5, 0.6) is 5.75 Å². The monoisotopic (exact) mass is 420 g/mol. The SMILES string of the molecule is COc1cccc(-c2cnc(N(C)C)nc2C2CCCN(Cc3cnn(C)c3C)C2)c1. The molecule has 164 valence electrons. The van der Waals surface area contributed by atoms with E-state index in [1.54, 1.807) is 7.11 Å². The van der Waals surface area contributed by atoms with Crippen molar-refractivity contribution in [1.29, 1.82) is 0 Å². The van der Waals surface area contributed by atoms with Crippen LogP contribution in [0.3, 0.4) is 0 Å². The summed E-state index contributed by atoms with van der Waals surface area (Å²) < 4.78 is 7.40. The van der Waals surface area contributed by atoms with Gasteiger partial charge in [-0.3, -0.25) is 9.58 Å². The number of piperidine rings is 1. The van der Waals surface area contributed by atoms with Gasteiger partial charge >= 0.3 is 0 Å². The maximum atomic E-state index is 5.46. The first-order valence-corrected chi connectivity index (χ1v) is 10.8. The molecule has 31 heavy (non-hydrogen) atoms. The fourth-order valence-electron chi connectivity index (χ4n) is 4.29. The Morgan fingerprint density at radius 3 is 2.77 bits per heavy atom. The van der Waals surface area contributed by atoms with Crippen molar-refractivity contribution >= 4 is 5.95 Å². The third kappa shape index (κ3) is 4.56. The average molecular weight is 421 g/mol. The van der Waals surface area contributed by atoms with Gasteiger partial charge in [0.2, 0.25) is 5.95 Å². The zero-order valence-corrected chi connectivity index (χ0v) is 19.2. The molecule has 1 aromatic carbocycles. The number of aryl methyl sites for hydroxylation is 1. The molecule has 4 rings (SSSR count). The van der Waals surface area contributed by atoms with Crippen LogP contribution in [0.1, 0.15) is 35.7 Å². The summed E-state index contributed by atoms with van der Waals surface area (Å²) in [7, 11) is 7.68. The summed E-state index contributed by atoms with van der Waals surface area (Å²) in [5.41, 5.74) is 5.84. The molecular weight excluding hydrogens is 388 g/mol. The lowest BCUT2D eigenvalue weighted by Crippen LogP contribution is -2.34. The number of ether oxygens (including phenoxy) is 1. The molecule has 0 aliphatic carbocycles. The molecule has 1 atom stereocenters. The predicted octanol–water partition coefficient (Wildman–Crippen LogP) is 3.64. The van der Waals surface area contributed by atoms with Crippen molar-refractivity contribution in [3.8, 4) is 16.9 Å². The second kappa shape index (κ2) is 9.06. The van der Waals surface area contributed by atoms with Gasteiger partial charge in [0.25, 0.3) is 0 Å². The second-order valence-electron chi connectivity index (χ2n) is 8.55. The van der Waals surface area contributed by atoms with Gasteiger partial charge in [0.05, 0.1) is 19.0 Å². The van der Waals surface area contributed by atoms with Crippen molar-refractivity contribution in [2.75, 3.05) is 39.2 Å². The third-order valence-corrected chi connectivity index (χ3v) is 6.21. The maximum absolute atomic E-state index is 5.46. The van der Waals surface area contributed by atoms with Crippen LogP contribution in [-0.2, 0) is 13.6 Å². The van der Waals surface area contributed by atoms with E-state index in [2.05, 4.69) is 34.0 Å². The number of hydrogen-bond donors (Lipinski definition) is 0. The molecule has 0 N–H and O–H groups in total. The molecule has 1 aliphatic rings. The summed E-state index contributed by atoms with van der Waals surface area (Å²) in [6, 6.07) is 8.17. The highest BCUT2D eigenvalue weighted by Gasteiger charge is 2.26. The fourth-order valence-corrected chi connectivity index (χ4v) is 4.29. The van der Waals surface area contributed by atoms with Crippen LogP contribution in [0, 0.1) is 6.92 Å². The van der Waals surface area contributed by atoms with Crippen molar-refractivity contribution in [1.82, 2.24) is 24.6 Å². The first-order chi connectivity index (χ1) is 15.0. The smallest absolute Gasteiger partial charge is 0.225 e. The molecule has 2 aromatic heterocycles. The van der Waals surface area contributed by atoms with E-state index in [-0.39, 0.29) is 0 Å². The quantitative estimate of drug-likeness (QED) is 0.607. The van der Waals surface area contributed by atoms with Crippen molar-refractivity contribution < 1.29 is 4.74 Å². The van der Waals surface area contributed by atoms with Crippen LogP contribution in [0.4, 0.5) is 5.95 Å². The van der Waals surface area contributed by atoms with E-state index in [4.69, 9.17) is 9.72 Å². The molecule has 1 aliphatic heterocycles. The second-order valence-corrected chi connectivity index (χ2v) is 8.55. The van der Waals surface area contributed by atoms with Gasteiger partial charge in [0.15, 0.2) is 0 Å². The first kappa shape index (κ1) is 21.3. The van der Waals surface area contributed by atoms with Crippen molar-refractivity contribution in [2.45, 2.75) is 32.2 Å². The van der Waals surface area contributed by atoms with Crippen LogP contribution in [0.15, 0.2) is 36.7 Å². The molecule has 7 heteroatoms. The minimum absolute atomic E-state index is 0.355. The van der Waals surface area contributed by atoms with E-state index in [1.165, 1.54) is 11.3 Å². The topological polar surface area (TPSA) is 59.3 Å². The largest absolute Gasteiger partial charge is 0.497 e. The predicted molar refractivity (Wildman–Crippen MR) is 124 cm³/mol. The molecule has 1 unspecified atom stereocenters. The Bertz CT molecular complexity index is 1040. The Hall–Kier alpha value is -2.93. The van der Waals surface area contributed by atoms with Crippen LogP contribution >= 0.6 is 0 Å². The third-order valence-electron chi connectivity index (χ3n) is 6.21. The van der Waals surface area contributed by atoms with E-state index in [0.717, 1.165) is 61.0 Å². The molecule has 0 spiro atoms. The number of benzene rings is 1. The standard InChI is InChI=1S/C24H32N6O/c1-17-20(13-26-29(17)4)16-30-11-7-9-19(15-30)23-22(14-25-24(27-23)28(2)3)18-8-6-10-21(12-18)31-5/h6,8,10,12-14,19H,7,9,11,15-16H2,1-5H3. The number of likely N-dealkylation sites (tertiary alicyclic amines) is 1. The summed E-state index contributed by atoms with van der Waals surface area (Å²) in [6.45, 7) is 5.15. The molecule has 0 saturated carbocycles. The van der Waals surface area contributed by atoms with Crippen molar-refractivity contribution in [3.05, 3.63) is 53.6 Å². The Labute approximate surface area is 184 Å². The first-order valence-electron chi connectivity index (χ1n) is 10.8. The minimum Gasteiger partial charge on any atom is -0.497 e. The molecule has 0 amide bonds. The normalized spacial score (nSPS) is 17.0. The Kier molecular flexibility index (Phi) is 6.23. The Balaban J connectivity index is 1.66. The van der Waals surface area contributed by atoms with Gasteiger partial charge in [-0.2, -0.15) is 5.10 Å². The molecule has 1 fully saturated rings. The molecule has 0 radical (unpaired) electrons. The summed E-state index contributed by atoms with van der Waals surface area (Å²) in [5.74, 6) is 1.95. The molecule has 1 saturated heterocycles. The highest BCUT2D eigenvalue weighted by Crippen LogP contribution is 2.35. The summed E-state index contributed by atoms with van der Waals surface area (Å²) in [4.78, 5) is 14.1. The summed E-state index contributed by atoms with van der Waals surface area (Å²) >= 11 is 0. The Morgan fingerprint density at radius 2 is 2.06 bits per heavy atom. The van der Waals surface area contributed by atoms with Crippen LogP contribution in [-0.4, -0.2) is 58.9 Å². The van der Waals surface area contributed by atoms with Gasteiger partial charge in [-0.15, -0.1) is 0 Å². The zero-order valence-electron chi connectivity index (χ0n) is 19.2. The number of rotatable bonds is 6. The van der Waals surface area contributed by atoms with Crippen molar-refractivity contribution in [2.24, 2.45) is 7.05 Å². The van der Waals surface area contributed by atoms with Gasteiger partial charge in [-0.25, -0.2) is 9.97 Å². The number of aromatic nitrogens is 4. The lowest BCUT2D eigenvalue weighted by Gasteiger charge is -2.33. The van der Waals surface area contributed by atoms with Crippen molar-refractivity contribution in [3.63, 3.8) is 0 Å². The number of hydrogen-bond acceptors (Lipinski definition) is 6. The molecule has 3 aromatic rings. The molecule has 0 bridgehead atoms. The summed E-state index contributed by atoms with van der Waals surface area (Å²) in [6.07, 6.45) is 6.25. The van der Waals surface area contributed by atoms with E-state index in [1.807, 2.05) is 55.3 Å². The zero-order chi connectivity index (χ0) is 22.0. The van der Waals surface area contributed by atoms with Gasteiger partial charge < -0.3 is 9.64 Å². The lowest BCUT2D eigenvalue weighted by molar-refractivity contribution is 0.198. The van der Waals surface area contributed by atoms with E-state index >= 15 is 0 Å². The molecule has 7 nitrogen and oxygen atoms in total. The maximum Gasteiger partial charge on any atom is 0.225 e.